The first-order chi connectivity index (χ1) is 9.92. The first-order valence-electron chi connectivity index (χ1n) is 7.31. The highest BCUT2D eigenvalue weighted by molar-refractivity contribution is 9.10. The van der Waals surface area contributed by atoms with Crippen molar-refractivity contribution in [1.29, 1.82) is 0 Å². The van der Waals surface area contributed by atoms with E-state index in [1.54, 1.807) is 11.6 Å². The van der Waals surface area contributed by atoms with E-state index < -0.39 is 5.41 Å². The van der Waals surface area contributed by atoms with Crippen LogP contribution in [0.25, 0.3) is 0 Å². The molecule has 0 radical (unpaired) electrons. The highest BCUT2D eigenvalue weighted by Crippen LogP contribution is 2.39. The Labute approximate surface area is 133 Å². The van der Waals surface area contributed by atoms with Gasteiger partial charge in [0.2, 0.25) is 0 Å². The molecule has 6 heteroatoms. The maximum Gasteiger partial charge on any atom is 0.320 e. The van der Waals surface area contributed by atoms with Crippen LogP contribution in [0, 0.1) is 12.3 Å². The minimum atomic E-state index is -1.04. The van der Waals surface area contributed by atoms with Gasteiger partial charge in [-0.25, -0.2) is 0 Å². The summed E-state index contributed by atoms with van der Waals surface area (Å²) in [4.78, 5) is 25.0. The van der Waals surface area contributed by atoms with Crippen molar-refractivity contribution in [2.75, 3.05) is 6.61 Å². The number of ether oxygens (including phenoxy) is 1. The van der Waals surface area contributed by atoms with E-state index in [-0.39, 0.29) is 11.8 Å². The summed E-state index contributed by atoms with van der Waals surface area (Å²) in [7, 11) is 1.83. The zero-order chi connectivity index (χ0) is 15.6. The normalized spacial score (nSPS) is 22.4. The van der Waals surface area contributed by atoms with Crippen molar-refractivity contribution in [2.24, 2.45) is 12.5 Å². The molecular formula is C15H21BrN2O3. The van der Waals surface area contributed by atoms with Crippen molar-refractivity contribution in [2.45, 2.75) is 46.0 Å². The molecule has 0 aliphatic heterocycles. The van der Waals surface area contributed by atoms with Gasteiger partial charge in [0.1, 0.15) is 5.41 Å². The quantitative estimate of drug-likeness (QED) is 0.614. The number of esters is 1. The Hall–Kier alpha value is -1.17. The fourth-order valence-corrected chi connectivity index (χ4v) is 3.47. The van der Waals surface area contributed by atoms with Gasteiger partial charge in [-0.05, 0) is 42.6 Å². The highest BCUT2D eigenvalue weighted by atomic mass is 79.9. The van der Waals surface area contributed by atoms with Crippen LogP contribution in [0.15, 0.2) is 4.47 Å². The van der Waals surface area contributed by atoms with Gasteiger partial charge < -0.3 is 4.74 Å². The number of hydrogen-bond acceptors (Lipinski definition) is 4. The van der Waals surface area contributed by atoms with Gasteiger partial charge in [-0.3, -0.25) is 14.3 Å². The summed E-state index contributed by atoms with van der Waals surface area (Å²) in [6, 6.07) is 0. The van der Waals surface area contributed by atoms with Crippen molar-refractivity contribution in [3.05, 3.63) is 15.9 Å². The summed E-state index contributed by atoms with van der Waals surface area (Å²) in [5.41, 5.74) is 0.683. The lowest BCUT2D eigenvalue weighted by molar-refractivity contribution is -0.162. The second kappa shape index (κ2) is 6.30. The van der Waals surface area contributed by atoms with Crippen LogP contribution in [-0.4, -0.2) is 28.1 Å². The SMILES string of the molecule is CCOC(=O)C1(Cc2c(Br)c(C)nn2C)CCCCC1=O. The van der Waals surface area contributed by atoms with Gasteiger partial charge in [0.25, 0.3) is 0 Å². The van der Waals surface area contributed by atoms with Gasteiger partial charge in [0.15, 0.2) is 5.78 Å². The van der Waals surface area contributed by atoms with Gasteiger partial charge in [0.05, 0.1) is 22.5 Å². The lowest BCUT2D eigenvalue weighted by atomic mass is 9.70. The smallest absolute Gasteiger partial charge is 0.320 e. The first-order valence-corrected chi connectivity index (χ1v) is 8.10. The van der Waals surface area contributed by atoms with E-state index >= 15 is 0 Å². The van der Waals surface area contributed by atoms with Crippen LogP contribution in [0.2, 0.25) is 0 Å². The Bertz CT molecular complexity index is 568. The summed E-state index contributed by atoms with van der Waals surface area (Å²) in [5, 5.41) is 4.34. The maximum atomic E-state index is 12.5. The van der Waals surface area contributed by atoms with Gasteiger partial charge in [-0.15, -0.1) is 0 Å². The molecule has 1 aromatic heterocycles. The van der Waals surface area contributed by atoms with Crippen LogP contribution in [0.4, 0.5) is 0 Å². The molecule has 21 heavy (non-hydrogen) atoms. The Kier molecular flexibility index (Phi) is 4.86. The Morgan fingerprint density at radius 1 is 1.48 bits per heavy atom. The summed E-state index contributed by atoms with van der Waals surface area (Å²) in [6.07, 6.45) is 3.09. The molecule has 0 bridgehead atoms. The molecule has 1 unspecified atom stereocenters. The fourth-order valence-electron chi connectivity index (χ4n) is 2.99. The van der Waals surface area contributed by atoms with E-state index in [0.29, 0.717) is 25.9 Å². The average molecular weight is 357 g/mol. The third-order valence-electron chi connectivity index (χ3n) is 4.19. The van der Waals surface area contributed by atoms with Crippen LogP contribution in [0.1, 0.15) is 44.0 Å². The molecule has 1 aromatic rings. The maximum absolute atomic E-state index is 12.5. The second-order valence-corrected chi connectivity index (χ2v) is 6.37. The molecule has 1 atom stereocenters. The Morgan fingerprint density at radius 3 is 2.71 bits per heavy atom. The molecule has 0 saturated heterocycles. The molecule has 0 spiro atoms. The largest absolute Gasteiger partial charge is 0.465 e. The number of ketones is 1. The average Bonchev–Trinajstić information content (AvgIpc) is 2.68. The van der Waals surface area contributed by atoms with E-state index in [2.05, 4.69) is 21.0 Å². The first kappa shape index (κ1) is 16.2. The fraction of sp³-hybridized carbons (Fsp3) is 0.667. The summed E-state index contributed by atoms with van der Waals surface area (Å²) in [6.45, 7) is 3.95. The molecule has 116 valence electrons. The van der Waals surface area contributed by atoms with Crippen LogP contribution in [-0.2, 0) is 27.8 Å². The summed E-state index contributed by atoms with van der Waals surface area (Å²) in [5.74, 6) is -0.390. The number of hydrogen-bond donors (Lipinski definition) is 0. The molecule has 2 rings (SSSR count). The topological polar surface area (TPSA) is 61.2 Å². The zero-order valence-electron chi connectivity index (χ0n) is 12.7. The molecule has 1 fully saturated rings. The van der Waals surface area contributed by atoms with Gasteiger partial charge in [-0.2, -0.15) is 5.10 Å². The molecule has 0 amide bonds. The Balaban J connectivity index is 2.40. The van der Waals surface area contributed by atoms with Gasteiger partial charge >= 0.3 is 5.97 Å². The van der Waals surface area contributed by atoms with Crippen molar-refractivity contribution in [1.82, 2.24) is 9.78 Å². The van der Waals surface area contributed by atoms with Crippen LogP contribution in [0.5, 0.6) is 0 Å². The van der Waals surface area contributed by atoms with Crippen molar-refractivity contribution in [3.8, 4) is 0 Å². The van der Waals surface area contributed by atoms with E-state index in [1.807, 2.05) is 14.0 Å². The number of carbonyl (C=O) groups excluding carboxylic acids is 2. The van der Waals surface area contributed by atoms with Crippen molar-refractivity contribution in [3.63, 3.8) is 0 Å². The molecule has 1 heterocycles. The number of carbonyl (C=O) groups is 2. The summed E-state index contributed by atoms with van der Waals surface area (Å²) >= 11 is 3.51. The van der Waals surface area contributed by atoms with Crippen LogP contribution >= 0.6 is 15.9 Å². The standard InChI is InChI=1S/C15H21BrN2O3/c1-4-21-14(20)15(8-6-5-7-12(15)19)9-11-13(16)10(2)17-18(11)3/h4-9H2,1-3H3. The lowest BCUT2D eigenvalue weighted by Gasteiger charge is -2.33. The van der Waals surface area contributed by atoms with Gasteiger partial charge in [0, 0.05) is 19.9 Å². The molecule has 0 aromatic carbocycles. The third-order valence-corrected chi connectivity index (χ3v) is 5.22. The minimum Gasteiger partial charge on any atom is -0.465 e. The Morgan fingerprint density at radius 2 is 2.19 bits per heavy atom. The van der Waals surface area contributed by atoms with E-state index in [4.69, 9.17) is 4.74 Å². The predicted octanol–water partition coefficient (Wildman–Crippen LogP) is 2.73. The molecule has 1 aliphatic rings. The van der Waals surface area contributed by atoms with E-state index in [9.17, 15) is 9.59 Å². The van der Waals surface area contributed by atoms with Crippen LogP contribution in [0.3, 0.4) is 0 Å². The number of Topliss-reactive ketones (excluding diaryl/α,β-unsaturated/α-hetero) is 1. The predicted molar refractivity (Wildman–Crippen MR) is 81.9 cm³/mol. The van der Waals surface area contributed by atoms with E-state index in [0.717, 1.165) is 28.7 Å². The molecule has 5 nitrogen and oxygen atoms in total. The number of nitrogens with zero attached hydrogens (tertiary/aromatic N) is 2. The number of aryl methyl sites for hydroxylation is 2. The lowest BCUT2D eigenvalue weighted by Crippen LogP contribution is -2.45. The van der Waals surface area contributed by atoms with Crippen molar-refractivity contribution >= 4 is 27.7 Å². The van der Waals surface area contributed by atoms with Crippen LogP contribution < -0.4 is 0 Å². The third kappa shape index (κ3) is 2.91. The number of rotatable bonds is 4. The van der Waals surface area contributed by atoms with E-state index in [1.165, 1.54) is 0 Å². The molecule has 1 aliphatic carbocycles. The number of halogens is 1. The minimum absolute atomic E-state index is 0.00190. The molecular weight excluding hydrogens is 336 g/mol. The molecule has 0 N–H and O–H groups in total. The van der Waals surface area contributed by atoms with Gasteiger partial charge in [-0.1, -0.05) is 6.42 Å². The monoisotopic (exact) mass is 356 g/mol. The summed E-state index contributed by atoms with van der Waals surface area (Å²) < 4.78 is 7.82. The molecule has 1 saturated carbocycles. The highest BCUT2D eigenvalue weighted by Gasteiger charge is 2.48. The van der Waals surface area contributed by atoms with Crippen molar-refractivity contribution < 1.29 is 14.3 Å². The number of aromatic nitrogens is 2. The second-order valence-electron chi connectivity index (χ2n) is 5.58. The zero-order valence-corrected chi connectivity index (χ0v) is 14.3.